The topological polar surface area (TPSA) is 119 Å². The van der Waals surface area contributed by atoms with Crippen molar-refractivity contribution in [2.24, 2.45) is 0 Å². The van der Waals surface area contributed by atoms with E-state index in [1.807, 2.05) is 6.92 Å². The van der Waals surface area contributed by atoms with Crippen LogP contribution in [0, 0.1) is 6.92 Å². The van der Waals surface area contributed by atoms with E-state index in [0.717, 1.165) is 27.7 Å². The fourth-order valence-corrected chi connectivity index (χ4v) is 5.01. The van der Waals surface area contributed by atoms with Gasteiger partial charge in [0, 0.05) is 28.2 Å². The largest absolute Gasteiger partial charge is 0.465 e. The van der Waals surface area contributed by atoms with Gasteiger partial charge in [0.15, 0.2) is 4.96 Å². The van der Waals surface area contributed by atoms with Crippen LogP contribution in [0.1, 0.15) is 55.1 Å². The minimum Gasteiger partial charge on any atom is -0.465 e. The maximum Gasteiger partial charge on any atom is 0.337 e. The van der Waals surface area contributed by atoms with Crippen molar-refractivity contribution in [1.82, 2.24) is 9.38 Å². The average Bonchev–Trinajstić information content (AvgIpc) is 3.26. The lowest BCUT2D eigenvalue weighted by Crippen LogP contribution is -2.25. The number of carbonyl (C=O) groups excluding carboxylic acids is 3. The maximum absolute atomic E-state index is 13.5. The third-order valence-electron chi connectivity index (χ3n) is 5.48. The number of thiazole rings is 1. The Morgan fingerprint density at radius 1 is 1.08 bits per heavy atom. The van der Waals surface area contributed by atoms with Crippen LogP contribution in [0.4, 0.5) is 11.4 Å². The Labute approximate surface area is 221 Å². The number of nitrogens with zero attached hydrogens (tertiary/aromatic N) is 2. The summed E-state index contributed by atoms with van der Waals surface area (Å²) in [7, 11) is 1.25. The maximum atomic E-state index is 13.5. The van der Waals surface area contributed by atoms with Crippen LogP contribution in [0.2, 0.25) is 5.02 Å². The highest BCUT2D eigenvalue weighted by Gasteiger charge is 2.27. The number of nitrogens with one attached hydrogen (secondary N) is 2. The predicted molar refractivity (Wildman–Crippen MR) is 143 cm³/mol. The number of benzene rings is 2. The van der Waals surface area contributed by atoms with E-state index in [1.54, 1.807) is 43.3 Å². The first-order chi connectivity index (χ1) is 17.7. The lowest BCUT2D eigenvalue weighted by molar-refractivity contribution is 0.0600. The molecule has 0 bridgehead atoms. The van der Waals surface area contributed by atoms with Crippen molar-refractivity contribution >= 4 is 57.1 Å². The van der Waals surface area contributed by atoms with Gasteiger partial charge in [-0.2, -0.15) is 0 Å². The zero-order valence-electron chi connectivity index (χ0n) is 20.3. The van der Waals surface area contributed by atoms with E-state index in [2.05, 4.69) is 15.6 Å². The highest BCUT2D eigenvalue weighted by atomic mass is 35.5. The van der Waals surface area contributed by atoms with Gasteiger partial charge >= 0.3 is 5.97 Å². The molecule has 0 saturated heterocycles. The van der Waals surface area contributed by atoms with Crippen molar-refractivity contribution in [2.75, 3.05) is 17.7 Å². The number of amides is 2. The number of hydrogen-bond donors (Lipinski definition) is 2. The second-order valence-corrected chi connectivity index (χ2v) is 9.59. The normalized spacial score (nSPS) is 10.8. The first-order valence-electron chi connectivity index (χ1n) is 11.3. The van der Waals surface area contributed by atoms with Gasteiger partial charge in [-0.05, 0) is 55.3 Å². The van der Waals surface area contributed by atoms with Gasteiger partial charge in [-0.3, -0.25) is 14.4 Å². The molecule has 0 fully saturated rings. The quantitative estimate of drug-likeness (QED) is 0.321. The van der Waals surface area contributed by atoms with E-state index < -0.39 is 23.3 Å². The Hall–Kier alpha value is -4.02. The van der Waals surface area contributed by atoms with Crippen LogP contribution < -0.4 is 16.2 Å². The second-order valence-electron chi connectivity index (χ2n) is 8.17. The van der Waals surface area contributed by atoms with Gasteiger partial charge in [0.25, 0.3) is 17.4 Å². The summed E-state index contributed by atoms with van der Waals surface area (Å²) in [5, 5.41) is 5.99. The molecular formula is C26H23ClN4O5S. The third-order valence-corrected chi connectivity index (χ3v) is 6.75. The van der Waals surface area contributed by atoms with Gasteiger partial charge in [0.2, 0.25) is 0 Å². The average molecular weight is 539 g/mol. The number of rotatable bonds is 7. The number of halogens is 1. The van der Waals surface area contributed by atoms with Crippen molar-refractivity contribution < 1.29 is 19.1 Å². The van der Waals surface area contributed by atoms with Crippen molar-refractivity contribution in [3.8, 4) is 0 Å². The van der Waals surface area contributed by atoms with Crippen molar-refractivity contribution in [3.63, 3.8) is 0 Å². The molecule has 0 aliphatic heterocycles. The zero-order chi connectivity index (χ0) is 26.7. The number of methoxy groups -OCH3 is 1. The summed E-state index contributed by atoms with van der Waals surface area (Å²) in [6, 6.07) is 12.5. The van der Waals surface area contributed by atoms with Gasteiger partial charge in [0.1, 0.15) is 10.6 Å². The number of esters is 1. The van der Waals surface area contributed by atoms with Crippen molar-refractivity contribution in [2.45, 2.75) is 26.7 Å². The molecule has 0 atom stereocenters. The Kier molecular flexibility index (Phi) is 7.70. The molecule has 2 heterocycles. The van der Waals surface area contributed by atoms with Crippen LogP contribution in [0.5, 0.6) is 0 Å². The standard InChI is InChI=1S/C26H23ClN4O5S/c1-4-6-17-13-20(32)31-21(23(33)28-18-8-5-7-15(12-18)25(35)36-3)22(37-26(31)29-17)24(34)30-19-10-9-16(27)11-14(19)2/h5,7-13H,4,6H2,1-3H3,(H,28,33)(H,30,34). The first-order valence-corrected chi connectivity index (χ1v) is 12.5. The summed E-state index contributed by atoms with van der Waals surface area (Å²) in [6.45, 7) is 3.75. The van der Waals surface area contributed by atoms with E-state index in [0.29, 0.717) is 22.8 Å². The van der Waals surface area contributed by atoms with Crippen LogP contribution >= 0.6 is 22.9 Å². The number of hydrogen-bond acceptors (Lipinski definition) is 7. The summed E-state index contributed by atoms with van der Waals surface area (Å²) in [4.78, 5) is 56.6. The molecule has 0 radical (unpaired) electrons. The number of aryl methyl sites for hydroxylation is 2. The Morgan fingerprint density at radius 3 is 2.57 bits per heavy atom. The molecule has 9 nitrogen and oxygen atoms in total. The Balaban J connectivity index is 1.79. The summed E-state index contributed by atoms with van der Waals surface area (Å²) in [5.41, 5.74) is 1.70. The lowest BCUT2D eigenvalue weighted by atomic mass is 10.2. The second kappa shape index (κ2) is 10.9. The van der Waals surface area contributed by atoms with Crippen LogP contribution in [-0.2, 0) is 11.2 Å². The number of aromatic nitrogens is 2. The van der Waals surface area contributed by atoms with Crippen molar-refractivity contribution in [3.05, 3.63) is 91.3 Å². The van der Waals surface area contributed by atoms with Gasteiger partial charge in [0.05, 0.1) is 12.7 Å². The SMILES string of the molecule is CCCc1cc(=O)n2c(C(=O)Nc3cccc(C(=O)OC)c3)c(C(=O)Nc3ccc(Cl)cc3C)sc2n1. The number of anilines is 2. The third kappa shape index (κ3) is 5.55. The molecule has 2 amide bonds. The van der Waals surface area contributed by atoms with Gasteiger partial charge in [-0.15, -0.1) is 0 Å². The van der Waals surface area contributed by atoms with Crippen LogP contribution in [-0.4, -0.2) is 34.3 Å². The molecule has 0 aliphatic carbocycles. The van der Waals surface area contributed by atoms with Gasteiger partial charge in [-0.25, -0.2) is 14.2 Å². The van der Waals surface area contributed by atoms with Crippen LogP contribution in [0.25, 0.3) is 4.96 Å². The van der Waals surface area contributed by atoms with Gasteiger partial charge < -0.3 is 15.4 Å². The summed E-state index contributed by atoms with van der Waals surface area (Å²) in [5.74, 6) is -1.86. The van der Waals surface area contributed by atoms with E-state index in [4.69, 9.17) is 16.3 Å². The molecule has 37 heavy (non-hydrogen) atoms. The molecule has 4 aromatic rings. The predicted octanol–water partition coefficient (Wildman–Crippen LogP) is 4.96. The molecule has 4 rings (SSSR count). The summed E-state index contributed by atoms with van der Waals surface area (Å²) >= 11 is 6.97. The fraction of sp³-hybridized carbons (Fsp3) is 0.192. The van der Waals surface area contributed by atoms with Gasteiger partial charge in [-0.1, -0.05) is 42.3 Å². The molecule has 11 heteroatoms. The Morgan fingerprint density at radius 2 is 1.86 bits per heavy atom. The molecule has 190 valence electrons. The lowest BCUT2D eigenvalue weighted by Gasteiger charge is -2.10. The summed E-state index contributed by atoms with van der Waals surface area (Å²) < 4.78 is 5.86. The molecule has 0 saturated carbocycles. The highest BCUT2D eigenvalue weighted by Crippen LogP contribution is 2.26. The van der Waals surface area contributed by atoms with Crippen molar-refractivity contribution in [1.29, 1.82) is 0 Å². The molecule has 0 spiro atoms. The number of fused-ring (bicyclic) bond motifs is 1. The molecule has 2 aromatic carbocycles. The Bertz CT molecular complexity index is 1590. The molecular weight excluding hydrogens is 516 g/mol. The van der Waals surface area contributed by atoms with E-state index >= 15 is 0 Å². The van der Waals surface area contributed by atoms with E-state index in [-0.39, 0.29) is 26.8 Å². The molecule has 2 N–H and O–H groups in total. The monoisotopic (exact) mass is 538 g/mol. The van der Waals surface area contributed by atoms with E-state index in [9.17, 15) is 19.2 Å². The zero-order valence-corrected chi connectivity index (χ0v) is 21.8. The highest BCUT2D eigenvalue weighted by molar-refractivity contribution is 7.19. The van der Waals surface area contributed by atoms with E-state index in [1.165, 1.54) is 19.2 Å². The summed E-state index contributed by atoms with van der Waals surface area (Å²) in [6.07, 6.45) is 1.36. The number of carbonyl (C=O) groups is 3. The smallest absolute Gasteiger partial charge is 0.337 e. The fourth-order valence-electron chi connectivity index (χ4n) is 3.74. The first kappa shape index (κ1) is 26.1. The van der Waals surface area contributed by atoms with Crippen LogP contribution in [0.15, 0.2) is 53.3 Å². The minimum absolute atomic E-state index is 0.00854. The molecule has 0 aliphatic rings. The minimum atomic E-state index is -0.710. The molecule has 0 unspecified atom stereocenters. The van der Waals surface area contributed by atoms with Crippen LogP contribution in [0.3, 0.4) is 0 Å². The number of ether oxygens (including phenoxy) is 1. The molecule has 2 aromatic heterocycles.